The molecule has 7 heteroatoms. The number of ether oxygens (including phenoxy) is 1. The summed E-state index contributed by atoms with van der Waals surface area (Å²) in [6, 6.07) is 17.9. The van der Waals surface area contributed by atoms with Gasteiger partial charge >= 0.3 is 12.0 Å². The number of thioether (sulfide) groups is 1. The first kappa shape index (κ1) is 20.3. The second-order valence-electron chi connectivity index (χ2n) is 5.38. The van der Waals surface area contributed by atoms with Crippen molar-refractivity contribution in [3.63, 3.8) is 0 Å². The zero-order valence-corrected chi connectivity index (χ0v) is 15.4. The van der Waals surface area contributed by atoms with Gasteiger partial charge < -0.3 is 10.1 Å². The molecule has 0 spiro atoms. The molecule has 0 bridgehead atoms. The van der Waals surface area contributed by atoms with E-state index in [1.807, 2.05) is 60.7 Å². The van der Waals surface area contributed by atoms with Crippen molar-refractivity contribution >= 4 is 29.7 Å². The molecule has 0 fully saturated rings. The maximum Gasteiger partial charge on any atom is 0.324 e. The number of carbonyl (C=O) groups is 3. The van der Waals surface area contributed by atoms with Crippen molar-refractivity contribution < 1.29 is 19.1 Å². The average molecular weight is 384 g/mol. The Morgan fingerprint density at radius 2 is 1.67 bits per heavy atom. The van der Waals surface area contributed by atoms with Crippen molar-refractivity contribution in [2.75, 3.05) is 13.2 Å². The van der Waals surface area contributed by atoms with Crippen LogP contribution in [0.25, 0.3) is 0 Å². The Labute approximate surface area is 162 Å². The summed E-state index contributed by atoms with van der Waals surface area (Å²) >= 11 is 1.33. The summed E-state index contributed by atoms with van der Waals surface area (Å²) in [5, 5.41) is 3.85. The molecule has 0 aromatic heterocycles. The van der Waals surface area contributed by atoms with Crippen molar-refractivity contribution in [2.24, 2.45) is 0 Å². The lowest BCUT2D eigenvalue weighted by molar-refractivity contribution is -0.147. The van der Waals surface area contributed by atoms with Gasteiger partial charge in [-0.1, -0.05) is 54.6 Å². The summed E-state index contributed by atoms with van der Waals surface area (Å²) < 4.78 is 5.13. The number of nitrogens with one attached hydrogen (secondary N) is 2. The van der Waals surface area contributed by atoms with Gasteiger partial charge in [-0.25, -0.2) is 4.79 Å². The molecule has 2 N–H and O–H groups in total. The van der Waals surface area contributed by atoms with Crippen molar-refractivity contribution in [1.82, 2.24) is 10.6 Å². The van der Waals surface area contributed by atoms with Crippen molar-refractivity contribution in [3.05, 3.63) is 78.9 Å². The van der Waals surface area contributed by atoms with Gasteiger partial charge in [0.2, 0.25) is 0 Å². The SMILES string of the molecule is C=CCNC(=O)NC(=O)COC(=O)[C@H](Sc1ccccc1)c1ccccc1. The van der Waals surface area contributed by atoms with Gasteiger partial charge in [0.1, 0.15) is 5.25 Å². The predicted molar refractivity (Wildman–Crippen MR) is 104 cm³/mol. The molecule has 0 aliphatic heterocycles. The van der Waals surface area contributed by atoms with Crippen LogP contribution in [0.1, 0.15) is 10.8 Å². The fraction of sp³-hybridized carbons (Fsp3) is 0.150. The van der Waals surface area contributed by atoms with Gasteiger partial charge in [-0.05, 0) is 17.7 Å². The van der Waals surface area contributed by atoms with Gasteiger partial charge in [0.05, 0.1) is 0 Å². The van der Waals surface area contributed by atoms with Gasteiger partial charge in [0, 0.05) is 11.4 Å². The molecule has 0 unspecified atom stereocenters. The third-order valence-corrected chi connectivity index (χ3v) is 4.56. The van der Waals surface area contributed by atoms with E-state index in [9.17, 15) is 14.4 Å². The lowest BCUT2D eigenvalue weighted by Gasteiger charge is -2.16. The summed E-state index contributed by atoms with van der Waals surface area (Å²) in [7, 11) is 0. The first-order chi connectivity index (χ1) is 13.1. The maximum atomic E-state index is 12.6. The quantitative estimate of drug-likeness (QED) is 0.415. The smallest absolute Gasteiger partial charge is 0.324 e. The van der Waals surface area contributed by atoms with E-state index < -0.39 is 29.8 Å². The molecule has 27 heavy (non-hydrogen) atoms. The monoisotopic (exact) mass is 384 g/mol. The minimum Gasteiger partial charge on any atom is -0.454 e. The second-order valence-corrected chi connectivity index (χ2v) is 6.55. The molecule has 0 saturated heterocycles. The Kier molecular flexibility index (Phi) is 8.12. The molecule has 0 radical (unpaired) electrons. The van der Waals surface area contributed by atoms with E-state index in [4.69, 9.17) is 4.74 Å². The molecule has 0 saturated carbocycles. The number of esters is 1. The predicted octanol–water partition coefficient (Wildman–Crippen LogP) is 3.08. The van der Waals surface area contributed by atoms with E-state index in [1.165, 1.54) is 17.8 Å². The molecule has 3 amide bonds. The maximum absolute atomic E-state index is 12.6. The highest BCUT2D eigenvalue weighted by atomic mass is 32.2. The highest BCUT2D eigenvalue weighted by molar-refractivity contribution is 8.00. The van der Waals surface area contributed by atoms with Gasteiger partial charge in [-0.2, -0.15) is 0 Å². The number of rotatable bonds is 8. The topological polar surface area (TPSA) is 84.5 Å². The molecule has 0 aliphatic rings. The van der Waals surface area contributed by atoms with E-state index in [2.05, 4.69) is 17.2 Å². The molecule has 1 atom stereocenters. The largest absolute Gasteiger partial charge is 0.454 e. The van der Waals surface area contributed by atoms with E-state index in [0.717, 1.165) is 10.5 Å². The number of hydrogen-bond acceptors (Lipinski definition) is 5. The number of imide groups is 1. The van der Waals surface area contributed by atoms with E-state index in [0.29, 0.717) is 0 Å². The number of benzene rings is 2. The number of hydrogen-bond donors (Lipinski definition) is 2. The Bertz CT molecular complexity index is 781. The standard InChI is InChI=1S/C20H20N2O4S/c1-2-13-21-20(25)22-17(23)14-26-19(24)18(15-9-5-3-6-10-15)27-16-11-7-4-8-12-16/h2-12,18H,1,13-14H2,(H2,21,22,23,25)/t18-/m1/s1. The van der Waals surface area contributed by atoms with E-state index in [-0.39, 0.29) is 6.54 Å². The lowest BCUT2D eigenvalue weighted by atomic mass is 10.1. The van der Waals surface area contributed by atoms with Crippen LogP contribution in [0.15, 0.2) is 78.2 Å². The van der Waals surface area contributed by atoms with Crippen LogP contribution in [0.3, 0.4) is 0 Å². The van der Waals surface area contributed by atoms with Crippen LogP contribution in [0.4, 0.5) is 4.79 Å². The molecular formula is C20H20N2O4S. The fourth-order valence-electron chi connectivity index (χ4n) is 2.10. The van der Waals surface area contributed by atoms with Crippen LogP contribution >= 0.6 is 11.8 Å². The highest BCUT2D eigenvalue weighted by Gasteiger charge is 2.24. The van der Waals surface area contributed by atoms with E-state index >= 15 is 0 Å². The van der Waals surface area contributed by atoms with Gasteiger partial charge in [0.25, 0.3) is 5.91 Å². The molecular weight excluding hydrogens is 364 g/mol. The first-order valence-corrected chi connectivity index (χ1v) is 9.10. The summed E-state index contributed by atoms with van der Waals surface area (Å²) in [6.45, 7) is 3.14. The molecule has 2 aromatic rings. The van der Waals surface area contributed by atoms with Crippen LogP contribution in [0, 0.1) is 0 Å². The highest BCUT2D eigenvalue weighted by Crippen LogP contribution is 2.36. The van der Waals surface area contributed by atoms with Crippen LogP contribution in [0.5, 0.6) is 0 Å². The Balaban J connectivity index is 1.98. The molecule has 0 aliphatic carbocycles. The Morgan fingerprint density at radius 1 is 1.04 bits per heavy atom. The minimum absolute atomic E-state index is 0.225. The normalized spacial score (nSPS) is 11.1. The number of carbonyl (C=O) groups excluding carboxylic acids is 3. The summed E-state index contributed by atoms with van der Waals surface area (Å²) in [6.07, 6.45) is 1.48. The number of amides is 3. The molecule has 2 aromatic carbocycles. The fourth-order valence-corrected chi connectivity index (χ4v) is 3.14. The van der Waals surface area contributed by atoms with Gasteiger partial charge in [-0.15, -0.1) is 18.3 Å². The summed E-state index contributed by atoms with van der Waals surface area (Å²) in [5.41, 5.74) is 0.764. The van der Waals surface area contributed by atoms with Crippen molar-refractivity contribution in [2.45, 2.75) is 10.1 Å². The van der Waals surface area contributed by atoms with Crippen LogP contribution < -0.4 is 10.6 Å². The number of urea groups is 1. The van der Waals surface area contributed by atoms with Crippen LogP contribution in [-0.4, -0.2) is 31.1 Å². The average Bonchev–Trinajstić information content (AvgIpc) is 2.70. The zero-order valence-electron chi connectivity index (χ0n) is 14.6. The third-order valence-electron chi connectivity index (χ3n) is 3.32. The van der Waals surface area contributed by atoms with Gasteiger partial charge in [-0.3, -0.25) is 14.9 Å². The Morgan fingerprint density at radius 3 is 2.30 bits per heavy atom. The molecule has 6 nitrogen and oxygen atoms in total. The van der Waals surface area contributed by atoms with Crippen LogP contribution in [-0.2, 0) is 14.3 Å². The third kappa shape index (κ3) is 6.99. The molecule has 2 rings (SSSR count). The van der Waals surface area contributed by atoms with E-state index in [1.54, 1.807) is 0 Å². The zero-order chi connectivity index (χ0) is 19.5. The summed E-state index contributed by atoms with van der Waals surface area (Å²) in [5.74, 6) is -1.27. The lowest BCUT2D eigenvalue weighted by Crippen LogP contribution is -2.41. The van der Waals surface area contributed by atoms with Crippen LogP contribution in [0.2, 0.25) is 0 Å². The molecule has 0 heterocycles. The first-order valence-electron chi connectivity index (χ1n) is 8.22. The van der Waals surface area contributed by atoms with Crippen molar-refractivity contribution in [1.29, 1.82) is 0 Å². The minimum atomic E-state index is -0.707. The summed E-state index contributed by atoms with van der Waals surface area (Å²) in [4.78, 5) is 36.6. The second kappa shape index (κ2) is 10.8. The molecule has 140 valence electrons. The Hall–Kier alpha value is -3.06. The van der Waals surface area contributed by atoms with Crippen molar-refractivity contribution in [3.8, 4) is 0 Å². The van der Waals surface area contributed by atoms with Gasteiger partial charge in [0.15, 0.2) is 6.61 Å².